The van der Waals surface area contributed by atoms with E-state index >= 15 is 0 Å². The lowest BCUT2D eigenvalue weighted by Crippen LogP contribution is -1.94. The second-order valence-corrected chi connectivity index (χ2v) is 4.68. The van der Waals surface area contributed by atoms with Gasteiger partial charge in [-0.15, -0.1) is 21.5 Å². The van der Waals surface area contributed by atoms with Gasteiger partial charge in [0.1, 0.15) is 6.33 Å². The minimum Gasteiger partial charge on any atom is -0.391 e. The van der Waals surface area contributed by atoms with Gasteiger partial charge in [-0.2, -0.15) is 0 Å². The van der Waals surface area contributed by atoms with Gasteiger partial charge in [-0.25, -0.2) is 0 Å². The maximum atomic E-state index is 5.73. The molecule has 0 amide bonds. The number of hydrogen-bond acceptors (Lipinski definition) is 4. The van der Waals surface area contributed by atoms with Crippen molar-refractivity contribution in [3.05, 3.63) is 48.8 Å². The molecule has 0 bridgehead atoms. The van der Waals surface area contributed by atoms with Gasteiger partial charge in [0.15, 0.2) is 5.82 Å². The van der Waals surface area contributed by atoms with E-state index in [0.717, 1.165) is 21.4 Å². The van der Waals surface area contributed by atoms with Gasteiger partial charge in [0.2, 0.25) is 0 Å². The third kappa shape index (κ3) is 1.81. The zero-order valence-electron chi connectivity index (χ0n) is 8.95. The quantitative estimate of drug-likeness (QED) is 0.751. The summed E-state index contributed by atoms with van der Waals surface area (Å²) in [6.45, 7) is 0. The van der Waals surface area contributed by atoms with Crippen LogP contribution >= 0.6 is 11.3 Å². The second-order valence-electron chi connectivity index (χ2n) is 3.56. The number of hydrogen-bond donors (Lipinski definition) is 1. The molecule has 0 saturated heterocycles. The fourth-order valence-electron chi connectivity index (χ4n) is 1.65. The summed E-state index contributed by atoms with van der Waals surface area (Å²) in [5, 5.41) is 8.89. The van der Waals surface area contributed by atoms with Crippen LogP contribution in [-0.4, -0.2) is 14.8 Å². The lowest BCUT2D eigenvalue weighted by molar-refractivity contribution is 1.07. The van der Waals surface area contributed by atoms with Gasteiger partial charge in [0.25, 0.3) is 0 Å². The number of nitrogen functional groups attached to an aromatic ring is 1. The van der Waals surface area contributed by atoms with E-state index in [0.29, 0.717) is 0 Å². The Morgan fingerprint density at radius 1 is 1.06 bits per heavy atom. The highest BCUT2D eigenvalue weighted by molar-refractivity contribution is 7.19. The Kier molecular flexibility index (Phi) is 2.38. The molecular formula is C12H10N4S. The first kappa shape index (κ1) is 10.0. The molecule has 2 N–H and O–H groups in total. The van der Waals surface area contributed by atoms with Crippen LogP contribution < -0.4 is 5.73 Å². The van der Waals surface area contributed by atoms with Gasteiger partial charge < -0.3 is 5.73 Å². The molecule has 0 aliphatic carbocycles. The monoisotopic (exact) mass is 242 g/mol. The van der Waals surface area contributed by atoms with Crippen molar-refractivity contribution in [2.75, 3.05) is 5.73 Å². The van der Waals surface area contributed by atoms with Gasteiger partial charge >= 0.3 is 0 Å². The molecule has 0 fully saturated rings. The topological polar surface area (TPSA) is 56.7 Å². The summed E-state index contributed by atoms with van der Waals surface area (Å²) in [5.41, 5.74) is 6.78. The Morgan fingerprint density at radius 2 is 1.88 bits per heavy atom. The highest BCUT2D eigenvalue weighted by atomic mass is 32.1. The summed E-state index contributed by atoms with van der Waals surface area (Å²) in [4.78, 5) is 1.02. The Hall–Kier alpha value is -2.14. The SMILES string of the molecule is Nc1ccc(-c2nncn2-c2ccccc2)s1. The predicted molar refractivity (Wildman–Crippen MR) is 69.1 cm³/mol. The smallest absolute Gasteiger partial charge is 0.178 e. The van der Waals surface area contributed by atoms with E-state index in [2.05, 4.69) is 10.2 Å². The Bertz CT molecular complexity index is 627. The Balaban J connectivity index is 2.12. The number of thiophene rings is 1. The number of anilines is 1. The molecule has 0 aliphatic rings. The first-order chi connectivity index (χ1) is 8.34. The van der Waals surface area contributed by atoms with Crippen LogP contribution in [0.25, 0.3) is 16.4 Å². The summed E-state index contributed by atoms with van der Waals surface area (Å²) in [6.07, 6.45) is 1.71. The maximum Gasteiger partial charge on any atom is 0.178 e. The zero-order chi connectivity index (χ0) is 11.7. The van der Waals surface area contributed by atoms with Gasteiger partial charge in [0.05, 0.1) is 9.88 Å². The van der Waals surface area contributed by atoms with Gasteiger partial charge in [-0.3, -0.25) is 4.57 Å². The second kappa shape index (κ2) is 4.03. The largest absolute Gasteiger partial charge is 0.391 e. The fraction of sp³-hybridized carbons (Fsp3) is 0. The maximum absolute atomic E-state index is 5.73. The number of nitrogens with zero attached hydrogens (tertiary/aromatic N) is 3. The van der Waals surface area contributed by atoms with Crippen LogP contribution in [0, 0.1) is 0 Å². The van der Waals surface area contributed by atoms with E-state index in [9.17, 15) is 0 Å². The highest BCUT2D eigenvalue weighted by Gasteiger charge is 2.10. The molecule has 5 heteroatoms. The number of nitrogens with two attached hydrogens (primary N) is 1. The Morgan fingerprint density at radius 3 is 2.59 bits per heavy atom. The van der Waals surface area contributed by atoms with Crippen molar-refractivity contribution in [1.82, 2.24) is 14.8 Å². The molecule has 0 radical (unpaired) electrons. The van der Waals surface area contributed by atoms with Crippen LogP contribution in [-0.2, 0) is 0 Å². The summed E-state index contributed by atoms with van der Waals surface area (Å²) >= 11 is 1.51. The summed E-state index contributed by atoms with van der Waals surface area (Å²) in [6, 6.07) is 13.8. The minimum absolute atomic E-state index is 0.780. The fourth-order valence-corrected chi connectivity index (χ4v) is 2.41. The van der Waals surface area contributed by atoms with Crippen LogP contribution in [0.5, 0.6) is 0 Å². The number of benzene rings is 1. The van der Waals surface area contributed by atoms with Crippen LogP contribution in [0.2, 0.25) is 0 Å². The molecule has 2 heterocycles. The lowest BCUT2D eigenvalue weighted by atomic mass is 10.3. The van der Waals surface area contributed by atoms with Crippen molar-refractivity contribution in [3.63, 3.8) is 0 Å². The Labute approximate surface area is 102 Å². The van der Waals surface area contributed by atoms with Crippen LogP contribution in [0.15, 0.2) is 48.8 Å². The van der Waals surface area contributed by atoms with E-state index in [1.165, 1.54) is 11.3 Å². The van der Waals surface area contributed by atoms with E-state index < -0.39 is 0 Å². The first-order valence-electron chi connectivity index (χ1n) is 5.16. The molecule has 1 aromatic carbocycles. The van der Waals surface area contributed by atoms with Gasteiger partial charge in [-0.05, 0) is 24.3 Å². The number of aromatic nitrogens is 3. The first-order valence-corrected chi connectivity index (χ1v) is 5.97. The molecule has 0 atom stereocenters. The normalized spacial score (nSPS) is 10.6. The molecule has 0 aliphatic heterocycles. The molecule has 3 rings (SSSR count). The van der Waals surface area contributed by atoms with Crippen LogP contribution in [0.1, 0.15) is 0 Å². The van der Waals surface area contributed by atoms with Crippen molar-refractivity contribution in [2.45, 2.75) is 0 Å². The predicted octanol–water partition coefficient (Wildman–Crippen LogP) is 2.58. The molecule has 84 valence electrons. The molecule has 0 spiro atoms. The van der Waals surface area contributed by atoms with Crippen molar-refractivity contribution >= 4 is 16.3 Å². The molecule has 4 nitrogen and oxygen atoms in total. The lowest BCUT2D eigenvalue weighted by Gasteiger charge is -2.03. The van der Waals surface area contributed by atoms with E-state index in [-0.39, 0.29) is 0 Å². The molecule has 17 heavy (non-hydrogen) atoms. The number of para-hydroxylation sites is 1. The minimum atomic E-state index is 0.780. The van der Waals surface area contributed by atoms with Crippen molar-refractivity contribution < 1.29 is 0 Å². The van der Waals surface area contributed by atoms with Crippen LogP contribution in [0.3, 0.4) is 0 Å². The van der Waals surface area contributed by atoms with E-state index in [4.69, 9.17) is 5.73 Å². The van der Waals surface area contributed by atoms with E-state index in [1.807, 2.05) is 47.0 Å². The van der Waals surface area contributed by atoms with Crippen molar-refractivity contribution in [3.8, 4) is 16.4 Å². The molecule has 3 aromatic rings. The summed E-state index contributed by atoms with van der Waals surface area (Å²) in [7, 11) is 0. The molecule has 2 aromatic heterocycles. The van der Waals surface area contributed by atoms with E-state index in [1.54, 1.807) is 6.33 Å². The van der Waals surface area contributed by atoms with Crippen LogP contribution in [0.4, 0.5) is 5.00 Å². The molecular weight excluding hydrogens is 232 g/mol. The van der Waals surface area contributed by atoms with Crippen molar-refractivity contribution in [2.24, 2.45) is 0 Å². The molecule has 0 unspecified atom stereocenters. The van der Waals surface area contributed by atoms with Crippen molar-refractivity contribution in [1.29, 1.82) is 0 Å². The highest BCUT2D eigenvalue weighted by Crippen LogP contribution is 2.29. The third-order valence-corrected chi connectivity index (χ3v) is 3.34. The number of rotatable bonds is 2. The zero-order valence-corrected chi connectivity index (χ0v) is 9.76. The average Bonchev–Trinajstić information content (AvgIpc) is 2.98. The summed E-state index contributed by atoms with van der Waals surface area (Å²) in [5.74, 6) is 0.818. The van der Waals surface area contributed by atoms with Gasteiger partial charge in [-0.1, -0.05) is 18.2 Å². The standard InChI is InChI=1S/C12H10N4S/c13-11-7-6-10(17-11)12-15-14-8-16(12)9-4-2-1-3-5-9/h1-8H,13H2. The van der Waals surface area contributed by atoms with Gasteiger partial charge in [0, 0.05) is 5.69 Å². The summed E-state index contributed by atoms with van der Waals surface area (Å²) < 4.78 is 1.95. The average molecular weight is 242 g/mol. The third-order valence-electron chi connectivity index (χ3n) is 2.43. The molecule has 0 saturated carbocycles.